The Kier molecular flexibility index (Phi) is 8.89. The average Bonchev–Trinajstić information content (AvgIpc) is 3.64. The Balaban J connectivity index is 1.56. The highest BCUT2D eigenvalue weighted by Crippen LogP contribution is 2.45. The van der Waals surface area contributed by atoms with Crippen LogP contribution in [-0.2, 0) is 16.0 Å². The summed E-state index contributed by atoms with van der Waals surface area (Å²) in [6.45, 7) is 12.7. The maximum atomic E-state index is 13.3. The Hall–Kier alpha value is -1.77. The van der Waals surface area contributed by atoms with Gasteiger partial charge < -0.3 is 24.5 Å². The SMILES string of the molecule is COc1cc2c(cc1OCC1CC1)CCN1C[C@@H](CC(C)C)[C@H](OC(=O)[C@@H](NB(C)O)C(C)C)C[C@H]21. The van der Waals surface area contributed by atoms with Crippen LogP contribution in [0.1, 0.15) is 70.5 Å². The Labute approximate surface area is 217 Å². The third-order valence-electron chi connectivity index (χ3n) is 7.90. The van der Waals surface area contributed by atoms with Crippen LogP contribution in [0.2, 0.25) is 6.82 Å². The molecule has 4 atom stereocenters. The van der Waals surface area contributed by atoms with Gasteiger partial charge in [-0.15, -0.1) is 0 Å². The second-order valence-electron chi connectivity index (χ2n) is 11.9. The zero-order valence-electron chi connectivity index (χ0n) is 23.0. The molecule has 3 aliphatic rings. The number of piperidine rings is 1. The molecule has 0 aromatic heterocycles. The minimum Gasteiger partial charge on any atom is -0.493 e. The molecule has 1 aromatic rings. The number of hydrogen-bond donors (Lipinski definition) is 2. The number of fused-ring (bicyclic) bond motifs is 3. The molecule has 36 heavy (non-hydrogen) atoms. The van der Waals surface area contributed by atoms with Crippen molar-refractivity contribution in [3.05, 3.63) is 23.3 Å². The number of carbonyl (C=O) groups excluding carboxylic acids is 1. The molecular weight excluding hydrogens is 455 g/mol. The number of esters is 1. The lowest BCUT2D eigenvalue weighted by Gasteiger charge is -2.47. The van der Waals surface area contributed by atoms with Gasteiger partial charge in [0.05, 0.1) is 13.7 Å². The molecule has 1 saturated carbocycles. The topological polar surface area (TPSA) is 80.3 Å². The van der Waals surface area contributed by atoms with Crippen molar-refractivity contribution in [2.24, 2.45) is 23.7 Å². The fourth-order valence-corrected chi connectivity index (χ4v) is 5.84. The second-order valence-corrected chi connectivity index (χ2v) is 11.9. The smallest absolute Gasteiger partial charge is 0.374 e. The normalized spacial score (nSPS) is 24.8. The number of carbonyl (C=O) groups is 1. The van der Waals surface area contributed by atoms with Gasteiger partial charge in [-0.2, -0.15) is 0 Å². The van der Waals surface area contributed by atoms with Gasteiger partial charge in [0.2, 0.25) is 0 Å². The van der Waals surface area contributed by atoms with Gasteiger partial charge in [-0.25, -0.2) is 0 Å². The van der Waals surface area contributed by atoms with Crippen LogP contribution in [0.3, 0.4) is 0 Å². The second kappa shape index (κ2) is 11.7. The largest absolute Gasteiger partial charge is 0.493 e. The first kappa shape index (κ1) is 27.3. The van der Waals surface area contributed by atoms with E-state index in [0.29, 0.717) is 11.8 Å². The van der Waals surface area contributed by atoms with Crippen molar-refractivity contribution >= 4 is 13.0 Å². The van der Waals surface area contributed by atoms with E-state index in [1.165, 1.54) is 24.0 Å². The van der Waals surface area contributed by atoms with Crippen molar-refractivity contribution in [1.82, 2.24) is 10.1 Å². The fourth-order valence-electron chi connectivity index (χ4n) is 5.84. The van der Waals surface area contributed by atoms with E-state index in [2.05, 4.69) is 36.1 Å². The summed E-state index contributed by atoms with van der Waals surface area (Å²) in [4.78, 5) is 15.8. The van der Waals surface area contributed by atoms with E-state index in [0.717, 1.165) is 50.5 Å². The maximum Gasteiger partial charge on any atom is 0.374 e. The molecule has 7 nitrogen and oxygen atoms in total. The van der Waals surface area contributed by atoms with Crippen LogP contribution in [0.5, 0.6) is 11.5 Å². The molecule has 0 spiro atoms. The minimum absolute atomic E-state index is 0.0180. The van der Waals surface area contributed by atoms with E-state index in [1.54, 1.807) is 13.9 Å². The molecule has 2 N–H and O–H groups in total. The number of benzene rings is 1. The van der Waals surface area contributed by atoms with Gasteiger partial charge in [0.25, 0.3) is 0 Å². The zero-order chi connectivity index (χ0) is 26.0. The molecule has 1 aliphatic carbocycles. The van der Waals surface area contributed by atoms with Gasteiger partial charge in [0, 0.05) is 31.5 Å². The first-order valence-electron chi connectivity index (χ1n) is 13.9. The quantitative estimate of drug-likeness (QED) is 0.350. The van der Waals surface area contributed by atoms with Gasteiger partial charge in [0.15, 0.2) is 11.5 Å². The number of nitrogens with zero attached hydrogens (tertiary/aromatic N) is 1. The number of rotatable bonds is 11. The van der Waals surface area contributed by atoms with E-state index < -0.39 is 13.1 Å². The monoisotopic (exact) mass is 500 g/mol. The van der Waals surface area contributed by atoms with Gasteiger partial charge in [-0.1, -0.05) is 27.7 Å². The lowest BCUT2D eigenvalue weighted by molar-refractivity contribution is -0.161. The van der Waals surface area contributed by atoms with Crippen LogP contribution in [0.4, 0.5) is 0 Å². The summed E-state index contributed by atoms with van der Waals surface area (Å²) >= 11 is 0. The van der Waals surface area contributed by atoms with E-state index in [-0.39, 0.29) is 30.0 Å². The van der Waals surface area contributed by atoms with Gasteiger partial charge in [-0.05, 0) is 73.5 Å². The number of methoxy groups -OCH3 is 1. The van der Waals surface area contributed by atoms with Crippen LogP contribution in [0, 0.1) is 23.7 Å². The molecule has 0 bridgehead atoms. The summed E-state index contributed by atoms with van der Waals surface area (Å²) in [6, 6.07) is 3.98. The molecule has 4 rings (SSSR count). The van der Waals surface area contributed by atoms with Crippen LogP contribution in [-0.4, -0.2) is 61.9 Å². The highest BCUT2D eigenvalue weighted by molar-refractivity contribution is 6.46. The maximum absolute atomic E-state index is 13.3. The molecule has 2 fully saturated rings. The molecule has 0 amide bonds. The van der Waals surface area contributed by atoms with Gasteiger partial charge >= 0.3 is 13.0 Å². The fraction of sp³-hybridized carbons (Fsp3) is 0.750. The summed E-state index contributed by atoms with van der Waals surface area (Å²) in [5.41, 5.74) is 2.58. The molecule has 1 saturated heterocycles. The highest BCUT2D eigenvalue weighted by Gasteiger charge is 2.42. The van der Waals surface area contributed by atoms with Gasteiger partial charge in [-0.3, -0.25) is 9.69 Å². The summed E-state index contributed by atoms with van der Waals surface area (Å²) in [7, 11) is 0.935. The third kappa shape index (κ3) is 6.56. The molecule has 200 valence electrons. The molecule has 1 aromatic carbocycles. The van der Waals surface area contributed by atoms with E-state index in [9.17, 15) is 9.82 Å². The van der Waals surface area contributed by atoms with Crippen LogP contribution in [0.25, 0.3) is 0 Å². The predicted molar refractivity (Wildman–Crippen MR) is 142 cm³/mol. The summed E-state index contributed by atoms with van der Waals surface area (Å²) in [5, 5.41) is 12.8. The van der Waals surface area contributed by atoms with Crippen molar-refractivity contribution < 1.29 is 24.0 Å². The number of ether oxygens (including phenoxy) is 3. The lowest BCUT2D eigenvalue weighted by atomic mass is 9.79. The van der Waals surface area contributed by atoms with Crippen molar-refractivity contribution in [2.75, 3.05) is 26.8 Å². The number of nitrogens with one attached hydrogen (secondary N) is 1. The average molecular weight is 500 g/mol. The Morgan fingerprint density at radius 3 is 2.58 bits per heavy atom. The van der Waals surface area contributed by atoms with E-state index in [1.807, 2.05) is 13.8 Å². The summed E-state index contributed by atoms with van der Waals surface area (Å²) in [5.74, 6) is 2.87. The van der Waals surface area contributed by atoms with Crippen molar-refractivity contribution in [1.29, 1.82) is 0 Å². The van der Waals surface area contributed by atoms with Crippen molar-refractivity contribution in [2.45, 2.75) is 84.8 Å². The van der Waals surface area contributed by atoms with Crippen LogP contribution >= 0.6 is 0 Å². The standard InChI is InChI=1S/C28H45BN2O5/c1-17(2)11-21-15-31-10-9-20-12-26(35-16-19-7-8-19)25(34-6)13-22(20)23(31)14-24(21)36-28(32)27(18(3)4)30-29(5)33/h12-13,17-19,21,23-24,27,30,33H,7-11,14-16H2,1-6H3/t21-,23-,24-,27+/m1/s1. The minimum atomic E-state index is -0.771. The Morgan fingerprint density at radius 1 is 1.22 bits per heavy atom. The first-order valence-corrected chi connectivity index (χ1v) is 13.9. The van der Waals surface area contributed by atoms with Crippen LogP contribution in [0.15, 0.2) is 12.1 Å². The highest BCUT2D eigenvalue weighted by atomic mass is 16.5. The molecular formula is C28H45BN2O5. The number of hydrogen-bond acceptors (Lipinski definition) is 7. The molecule has 8 heteroatoms. The lowest BCUT2D eigenvalue weighted by Crippen LogP contribution is -2.53. The predicted octanol–water partition coefficient (Wildman–Crippen LogP) is 4.09. The third-order valence-corrected chi connectivity index (χ3v) is 7.90. The summed E-state index contributed by atoms with van der Waals surface area (Å²) < 4.78 is 18.1. The Morgan fingerprint density at radius 2 is 1.97 bits per heavy atom. The molecule has 0 unspecified atom stereocenters. The first-order chi connectivity index (χ1) is 17.2. The molecule has 2 aliphatic heterocycles. The Bertz CT molecular complexity index is 904. The van der Waals surface area contributed by atoms with Crippen LogP contribution < -0.4 is 14.7 Å². The van der Waals surface area contributed by atoms with E-state index in [4.69, 9.17) is 14.2 Å². The van der Waals surface area contributed by atoms with Gasteiger partial charge in [0.1, 0.15) is 12.1 Å². The summed E-state index contributed by atoms with van der Waals surface area (Å²) in [6.07, 6.45) is 5.12. The van der Waals surface area contributed by atoms with E-state index >= 15 is 0 Å². The van der Waals surface area contributed by atoms with Crippen molar-refractivity contribution in [3.8, 4) is 11.5 Å². The molecule has 0 radical (unpaired) electrons. The van der Waals surface area contributed by atoms with Crippen molar-refractivity contribution in [3.63, 3.8) is 0 Å². The zero-order valence-corrected chi connectivity index (χ0v) is 23.0. The molecule has 2 heterocycles.